The van der Waals surface area contributed by atoms with Gasteiger partial charge in [0.2, 0.25) is 0 Å². The van der Waals surface area contributed by atoms with Crippen LogP contribution in [0.3, 0.4) is 0 Å². The number of nitrogens with one attached hydrogen (secondary N) is 1. The normalized spacial score (nSPS) is 12.2. The summed E-state index contributed by atoms with van der Waals surface area (Å²) in [5.41, 5.74) is 3.29. The number of phenols is 1. The number of fused-ring (bicyclic) bond motifs is 1. The second-order valence-corrected chi connectivity index (χ2v) is 6.10. The van der Waals surface area contributed by atoms with Crippen molar-refractivity contribution < 1.29 is 9.50 Å². The number of phenolic OH excluding ortho intramolecular Hbond substituents is 1. The molecule has 1 unspecified atom stereocenters. The molecule has 0 aliphatic carbocycles. The topological polar surface area (TPSA) is 62.5 Å². The van der Waals surface area contributed by atoms with E-state index in [0.29, 0.717) is 5.82 Å². The summed E-state index contributed by atoms with van der Waals surface area (Å²) in [5, 5.41) is 17.4. The van der Waals surface area contributed by atoms with Crippen LogP contribution in [0.2, 0.25) is 0 Å². The number of imidazole rings is 1. The largest absolute Gasteiger partial charge is 0.508 e. The molecule has 0 fully saturated rings. The molecule has 6 heteroatoms. The maximum absolute atomic E-state index is 13.4. The van der Waals surface area contributed by atoms with Crippen molar-refractivity contribution in [2.75, 3.05) is 5.32 Å². The van der Waals surface area contributed by atoms with E-state index in [4.69, 9.17) is 0 Å². The molecule has 1 atom stereocenters. The highest BCUT2D eigenvalue weighted by molar-refractivity contribution is 5.64. The van der Waals surface area contributed by atoms with Crippen LogP contribution in [0.1, 0.15) is 18.5 Å². The summed E-state index contributed by atoms with van der Waals surface area (Å²) in [5.74, 6) is 0.609. The van der Waals surface area contributed by atoms with E-state index in [-0.39, 0.29) is 17.6 Å². The van der Waals surface area contributed by atoms with Crippen molar-refractivity contribution in [3.63, 3.8) is 0 Å². The predicted molar refractivity (Wildman–Crippen MR) is 98.5 cm³/mol. The first-order chi connectivity index (χ1) is 12.6. The predicted octanol–water partition coefficient (Wildman–Crippen LogP) is 4.41. The molecule has 2 N–H and O–H groups in total. The van der Waals surface area contributed by atoms with Crippen molar-refractivity contribution in [3.8, 4) is 17.0 Å². The molecular weight excluding hydrogens is 331 g/mol. The van der Waals surface area contributed by atoms with Gasteiger partial charge >= 0.3 is 0 Å². The van der Waals surface area contributed by atoms with Gasteiger partial charge < -0.3 is 10.4 Å². The Hall–Kier alpha value is -3.41. The number of aromatic hydroxyl groups is 1. The second-order valence-electron chi connectivity index (χ2n) is 6.10. The Bertz CT molecular complexity index is 1060. The van der Waals surface area contributed by atoms with E-state index < -0.39 is 0 Å². The molecule has 2 heterocycles. The molecule has 4 rings (SSSR count). The molecule has 0 bridgehead atoms. The molecule has 26 heavy (non-hydrogen) atoms. The van der Waals surface area contributed by atoms with Crippen molar-refractivity contribution in [1.29, 1.82) is 0 Å². The summed E-state index contributed by atoms with van der Waals surface area (Å²) in [4.78, 5) is 4.37. The van der Waals surface area contributed by atoms with Crippen LogP contribution in [0.15, 0.2) is 66.9 Å². The first-order valence-corrected chi connectivity index (χ1v) is 8.26. The molecule has 0 saturated carbocycles. The van der Waals surface area contributed by atoms with Crippen molar-refractivity contribution >= 4 is 11.5 Å². The van der Waals surface area contributed by atoms with Crippen LogP contribution in [-0.2, 0) is 0 Å². The Morgan fingerprint density at radius 1 is 1.08 bits per heavy atom. The van der Waals surface area contributed by atoms with Crippen LogP contribution in [0, 0.1) is 5.82 Å². The van der Waals surface area contributed by atoms with Crippen molar-refractivity contribution in [2.45, 2.75) is 13.0 Å². The van der Waals surface area contributed by atoms with E-state index in [1.807, 2.05) is 37.3 Å². The summed E-state index contributed by atoms with van der Waals surface area (Å²) in [6, 6.07) is 17.0. The minimum atomic E-state index is -0.260. The lowest BCUT2D eigenvalue weighted by Gasteiger charge is -2.15. The Morgan fingerprint density at radius 2 is 1.88 bits per heavy atom. The number of rotatable bonds is 4. The zero-order valence-corrected chi connectivity index (χ0v) is 14.1. The lowest BCUT2D eigenvalue weighted by molar-refractivity contribution is 0.475. The smallest absolute Gasteiger partial charge is 0.154 e. The molecular formula is C20H17FN4O. The third kappa shape index (κ3) is 3.09. The average molecular weight is 348 g/mol. The highest BCUT2D eigenvalue weighted by Gasteiger charge is 2.11. The molecule has 4 aromatic rings. The quantitative estimate of drug-likeness (QED) is 0.573. The Labute approximate surface area is 149 Å². The number of halogens is 1. The minimum absolute atomic E-state index is 0.101. The first-order valence-electron chi connectivity index (χ1n) is 8.26. The number of aromatic nitrogens is 3. The molecule has 0 spiro atoms. The molecule has 2 aromatic carbocycles. The number of nitrogens with zero attached hydrogens (tertiary/aromatic N) is 3. The SMILES string of the molecule is CC(Nc1ccc2ncc(-c3ccc(O)cc3)n2n1)c1cccc(F)c1. The fraction of sp³-hybridized carbons (Fsp3) is 0.100. The zero-order valence-electron chi connectivity index (χ0n) is 14.1. The van der Waals surface area contributed by atoms with Gasteiger partial charge in [0.25, 0.3) is 0 Å². The number of benzene rings is 2. The lowest BCUT2D eigenvalue weighted by Crippen LogP contribution is -2.09. The third-order valence-electron chi connectivity index (χ3n) is 4.24. The molecule has 2 aromatic heterocycles. The fourth-order valence-corrected chi connectivity index (χ4v) is 2.86. The van der Waals surface area contributed by atoms with Gasteiger partial charge in [0.05, 0.1) is 17.9 Å². The Morgan fingerprint density at radius 3 is 2.65 bits per heavy atom. The van der Waals surface area contributed by atoms with Gasteiger partial charge in [-0.1, -0.05) is 12.1 Å². The van der Waals surface area contributed by atoms with E-state index >= 15 is 0 Å². The van der Waals surface area contributed by atoms with Gasteiger partial charge in [-0.2, -0.15) is 0 Å². The van der Waals surface area contributed by atoms with Crippen LogP contribution in [0.25, 0.3) is 16.9 Å². The summed E-state index contributed by atoms with van der Waals surface area (Å²) in [6.07, 6.45) is 1.74. The van der Waals surface area contributed by atoms with E-state index in [1.54, 1.807) is 28.9 Å². The zero-order chi connectivity index (χ0) is 18.1. The molecule has 0 aliphatic heterocycles. The molecule has 0 radical (unpaired) electrons. The van der Waals surface area contributed by atoms with Crippen LogP contribution >= 0.6 is 0 Å². The van der Waals surface area contributed by atoms with Crippen molar-refractivity contribution in [1.82, 2.24) is 14.6 Å². The summed E-state index contributed by atoms with van der Waals surface area (Å²) in [7, 11) is 0. The van der Waals surface area contributed by atoms with E-state index in [9.17, 15) is 9.50 Å². The first kappa shape index (κ1) is 16.1. The third-order valence-corrected chi connectivity index (χ3v) is 4.24. The lowest BCUT2D eigenvalue weighted by atomic mass is 10.1. The number of anilines is 1. The van der Waals surface area contributed by atoms with Crippen LogP contribution < -0.4 is 5.32 Å². The van der Waals surface area contributed by atoms with E-state index in [0.717, 1.165) is 22.5 Å². The summed E-state index contributed by atoms with van der Waals surface area (Å²) >= 11 is 0. The fourth-order valence-electron chi connectivity index (χ4n) is 2.86. The summed E-state index contributed by atoms with van der Waals surface area (Å²) < 4.78 is 15.2. The van der Waals surface area contributed by atoms with Crippen LogP contribution in [-0.4, -0.2) is 19.7 Å². The summed E-state index contributed by atoms with van der Waals surface area (Å²) in [6.45, 7) is 1.95. The van der Waals surface area contributed by atoms with Gasteiger partial charge in [-0.25, -0.2) is 13.9 Å². The maximum atomic E-state index is 13.4. The number of hydrogen-bond donors (Lipinski definition) is 2. The van der Waals surface area contributed by atoms with Gasteiger partial charge in [0.15, 0.2) is 5.65 Å². The minimum Gasteiger partial charge on any atom is -0.508 e. The number of hydrogen-bond acceptors (Lipinski definition) is 4. The highest BCUT2D eigenvalue weighted by atomic mass is 19.1. The van der Waals surface area contributed by atoms with Gasteiger partial charge in [0.1, 0.15) is 17.4 Å². The highest BCUT2D eigenvalue weighted by Crippen LogP contribution is 2.24. The molecule has 0 amide bonds. The Kier molecular flexibility index (Phi) is 4.01. The molecule has 130 valence electrons. The van der Waals surface area contributed by atoms with Crippen LogP contribution in [0.4, 0.5) is 10.2 Å². The van der Waals surface area contributed by atoms with E-state index in [2.05, 4.69) is 15.4 Å². The molecule has 0 saturated heterocycles. The van der Waals surface area contributed by atoms with Crippen LogP contribution in [0.5, 0.6) is 5.75 Å². The monoisotopic (exact) mass is 348 g/mol. The molecule has 5 nitrogen and oxygen atoms in total. The van der Waals surface area contributed by atoms with E-state index in [1.165, 1.54) is 12.1 Å². The van der Waals surface area contributed by atoms with Gasteiger partial charge in [-0.15, -0.1) is 5.10 Å². The van der Waals surface area contributed by atoms with Gasteiger partial charge in [0, 0.05) is 5.56 Å². The van der Waals surface area contributed by atoms with Gasteiger partial charge in [-0.05, 0) is 61.0 Å². The average Bonchev–Trinajstić information content (AvgIpc) is 3.05. The standard InChI is InChI=1S/C20H17FN4O/c1-13(15-3-2-4-16(21)11-15)23-19-9-10-20-22-12-18(25(20)24-19)14-5-7-17(26)8-6-14/h2-13,26H,1H3,(H,23,24). The second kappa shape index (κ2) is 6.48. The Balaban J connectivity index is 1.66. The molecule has 0 aliphatic rings. The van der Waals surface area contributed by atoms with Crippen molar-refractivity contribution in [3.05, 3.63) is 78.2 Å². The maximum Gasteiger partial charge on any atom is 0.154 e. The van der Waals surface area contributed by atoms with Crippen molar-refractivity contribution in [2.24, 2.45) is 0 Å². The van der Waals surface area contributed by atoms with Gasteiger partial charge in [-0.3, -0.25) is 0 Å².